The number of anilines is 1. The van der Waals surface area contributed by atoms with Crippen molar-refractivity contribution in [2.75, 3.05) is 11.9 Å². The lowest BCUT2D eigenvalue weighted by Crippen LogP contribution is -2.10. The van der Waals surface area contributed by atoms with Crippen LogP contribution in [-0.2, 0) is 6.54 Å². The normalized spacial score (nSPS) is 14.4. The van der Waals surface area contributed by atoms with Crippen LogP contribution in [0.1, 0.15) is 50.4 Å². The van der Waals surface area contributed by atoms with E-state index in [9.17, 15) is 0 Å². The number of nitrogens with one attached hydrogen (secondary N) is 1. The van der Waals surface area contributed by atoms with Crippen molar-refractivity contribution in [2.24, 2.45) is 0 Å². The van der Waals surface area contributed by atoms with Crippen LogP contribution in [0, 0.1) is 6.92 Å². The maximum absolute atomic E-state index is 4.82. The Morgan fingerprint density at radius 3 is 2.76 bits per heavy atom. The van der Waals surface area contributed by atoms with E-state index in [2.05, 4.69) is 35.6 Å². The van der Waals surface area contributed by atoms with Gasteiger partial charge in [-0.1, -0.05) is 6.92 Å². The Morgan fingerprint density at radius 2 is 2.10 bits per heavy atom. The van der Waals surface area contributed by atoms with Gasteiger partial charge in [0, 0.05) is 37.0 Å². The molecule has 21 heavy (non-hydrogen) atoms. The van der Waals surface area contributed by atoms with Gasteiger partial charge in [0.2, 0.25) is 0 Å². The van der Waals surface area contributed by atoms with Gasteiger partial charge in [0.1, 0.15) is 17.3 Å². The van der Waals surface area contributed by atoms with Crippen LogP contribution in [0.3, 0.4) is 0 Å². The van der Waals surface area contributed by atoms with Crippen molar-refractivity contribution in [2.45, 2.75) is 52.5 Å². The summed E-state index contributed by atoms with van der Waals surface area (Å²) in [5.74, 6) is 3.42. The third kappa shape index (κ3) is 2.77. The summed E-state index contributed by atoms with van der Waals surface area (Å²) in [6, 6.07) is 0. The van der Waals surface area contributed by atoms with Crippen molar-refractivity contribution in [1.82, 2.24) is 19.5 Å². The lowest BCUT2D eigenvalue weighted by molar-refractivity contribution is 0.764. The van der Waals surface area contributed by atoms with Crippen LogP contribution in [0.5, 0.6) is 0 Å². The lowest BCUT2D eigenvalue weighted by atomic mass is 10.2. The Morgan fingerprint density at radius 1 is 1.29 bits per heavy atom. The maximum Gasteiger partial charge on any atom is 0.159 e. The van der Waals surface area contributed by atoms with Gasteiger partial charge in [0.25, 0.3) is 0 Å². The summed E-state index contributed by atoms with van der Waals surface area (Å²) in [5, 5.41) is 3.44. The Balaban J connectivity index is 2.07. The first kappa shape index (κ1) is 14.0. The Bertz CT molecular complexity index is 628. The van der Waals surface area contributed by atoms with E-state index in [4.69, 9.17) is 9.97 Å². The van der Waals surface area contributed by atoms with Gasteiger partial charge in [-0.2, -0.15) is 0 Å². The minimum atomic E-state index is 0.538. The molecule has 0 unspecified atom stereocenters. The molecular weight excluding hydrogens is 262 g/mol. The molecule has 0 saturated heterocycles. The molecule has 0 aromatic carbocycles. The minimum Gasteiger partial charge on any atom is -0.370 e. The van der Waals surface area contributed by atoms with Crippen molar-refractivity contribution in [3.8, 4) is 11.5 Å². The van der Waals surface area contributed by atoms with Crippen LogP contribution in [0.25, 0.3) is 11.5 Å². The number of hydrogen-bond donors (Lipinski definition) is 1. The standard InChI is InChI=1S/C16H23N5/c1-4-8-17-14-11(3)13(16-18-9-10-21(16)5-2)19-15(20-14)12-6-7-12/h9-10,12H,4-8H2,1-3H3,(H,17,19,20). The summed E-state index contributed by atoms with van der Waals surface area (Å²) in [6.07, 6.45) is 7.35. The van der Waals surface area contributed by atoms with Crippen molar-refractivity contribution >= 4 is 5.82 Å². The van der Waals surface area contributed by atoms with Gasteiger partial charge in [-0.15, -0.1) is 0 Å². The van der Waals surface area contributed by atoms with Gasteiger partial charge >= 0.3 is 0 Å². The van der Waals surface area contributed by atoms with Gasteiger partial charge < -0.3 is 9.88 Å². The fourth-order valence-corrected chi connectivity index (χ4v) is 2.47. The molecule has 1 aliphatic carbocycles. The SMILES string of the molecule is CCCNc1nc(C2CC2)nc(-c2nccn2CC)c1C. The zero-order chi connectivity index (χ0) is 14.8. The summed E-state index contributed by atoms with van der Waals surface area (Å²) >= 11 is 0. The summed E-state index contributed by atoms with van der Waals surface area (Å²) in [6.45, 7) is 8.20. The number of imidazole rings is 1. The molecule has 0 radical (unpaired) electrons. The third-order valence-corrected chi connectivity index (χ3v) is 3.92. The van der Waals surface area contributed by atoms with E-state index in [1.54, 1.807) is 0 Å². The molecule has 1 saturated carbocycles. The second kappa shape index (κ2) is 5.84. The largest absolute Gasteiger partial charge is 0.370 e. The molecule has 2 heterocycles. The molecular formula is C16H23N5. The molecule has 5 nitrogen and oxygen atoms in total. The highest BCUT2D eigenvalue weighted by atomic mass is 15.1. The first-order valence-corrected chi connectivity index (χ1v) is 7.88. The molecule has 0 aliphatic heterocycles. The van der Waals surface area contributed by atoms with Crippen molar-refractivity contribution in [1.29, 1.82) is 0 Å². The monoisotopic (exact) mass is 285 g/mol. The highest BCUT2D eigenvalue weighted by Gasteiger charge is 2.29. The van der Waals surface area contributed by atoms with E-state index in [-0.39, 0.29) is 0 Å². The topological polar surface area (TPSA) is 55.6 Å². The van der Waals surface area contributed by atoms with E-state index in [1.807, 2.05) is 12.4 Å². The van der Waals surface area contributed by atoms with E-state index in [0.717, 1.165) is 48.2 Å². The average Bonchev–Trinajstić information content (AvgIpc) is 3.24. The van der Waals surface area contributed by atoms with E-state index < -0.39 is 0 Å². The predicted octanol–water partition coefficient (Wildman–Crippen LogP) is 3.37. The first-order valence-electron chi connectivity index (χ1n) is 7.88. The minimum absolute atomic E-state index is 0.538. The van der Waals surface area contributed by atoms with Gasteiger partial charge in [-0.05, 0) is 33.1 Å². The summed E-state index contributed by atoms with van der Waals surface area (Å²) < 4.78 is 2.13. The van der Waals surface area contributed by atoms with E-state index in [0.29, 0.717) is 5.92 Å². The molecule has 3 rings (SSSR count). The smallest absolute Gasteiger partial charge is 0.159 e. The second-order valence-corrected chi connectivity index (χ2v) is 5.64. The van der Waals surface area contributed by atoms with Gasteiger partial charge in [-0.25, -0.2) is 15.0 Å². The third-order valence-electron chi connectivity index (χ3n) is 3.92. The van der Waals surface area contributed by atoms with Crippen LogP contribution in [-0.4, -0.2) is 26.1 Å². The Kier molecular flexibility index (Phi) is 3.90. The van der Waals surface area contributed by atoms with Gasteiger partial charge in [0.05, 0.1) is 0 Å². The van der Waals surface area contributed by atoms with Gasteiger partial charge in [-0.3, -0.25) is 0 Å². The molecule has 2 aromatic heterocycles. The summed E-state index contributed by atoms with van der Waals surface area (Å²) in [4.78, 5) is 14.1. The molecule has 1 fully saturated rings. The Hall–Kier alpha value is -1.91. The molecule has 0 atom stereocenters. The summed E-state index contributed by atoms with van der Waals surface area (Å²) in [5.41, 5.74) is 2.06. The molecule has 1 aliphatic rings. The Labute approximate surface area is 125 Å². The average molecular weight is 285 g/mol. The molecule has 2 aromatic rings. The van der Waals surface area contributed by atoms with Crippen LogP contribution in [0.2, 0.25) is 0 Å². The highest BCUT2D eigenvalue weighted by molar-refractivity contribution is 5.63. The van der Waals surface area contributed by atoms with Crippen LogP contribution >= 0.6 is 0 Å². The van der Waals surface area contributed by atoms with E-state index >= 15 is 0 Å². The molecule has 0 bridgehead atoms. The van der Waals surface area contributed by atoms with E-state index in [1.165, 1.54) is 12.8 Å². The first-order chi connectivity index (χ1) is 10.2. The fourth-order valence-electron chi connectivity index (χ4n) is 2.47. The molecule has 1 N–H and O–H groups in total. The van der Waals surface area contributed by atoms with Crippen molar-refractivity contribution < 1.29 is 0 Å². The van der Waals surface area contributed by atoms with Crippen LogP contribution < -0.4 is 5.32 Å². The number of aryl methyl sites for hydroxylation is 1. The molecule has 0 amide bonds. The quantitative estimate of drug-likeness (QED) is 0.884. The predicted molar refractivity (Wildman–Crippen MR) is 84.4 cm³/mol. The zero-order valence-electron chi connectivity index (χ0n) is 13.1. The van der Waals surface area contributed by atoms with Crippen LogP contribution in [0.15, 0.2) is 12.4 Å². The lowest BCUT2D eigenvalue weighted by Gasteiger charge is -2.14. The number of rotatable bonds is 6. The second-order valence-electron chi connectivity index (χ2n) is 5.64. The molecule has 112 valence electrons. The van der Waals surface area contributed by atoms with Crippen molar-refractivity contribution in [3.63, 3.8) is 0 Å². The number of nitrogens with zero attached hydrogens (tertiary/aromatic N) is 4. The highest BCUT2D eigenvalue weighted by Crippen LogP contribution is 2.40. The van der Waals surface area contributed by atoms with Gasteiger partial charge in [0.15, 0.2) is 5.82 Å². The molecule has 0 spiro atoms. The number of hydrogen-bond acceptors (Lipinski definition) is 4. The van der Waals surface area contributed by atoms with Crippen molar-refractivity contribution in [3.05, 3.63) is 23.8 Å². The van der Waals surface area contributed by atoms with Crippen LogP contribution in [0.4, 0.5) is 5.82 Å². The zero-order valence-corrected chi connectivity index (χ0v) is 13.1. The maximum atomic E-state index is 4.82. The molecule has 5 heteroatoms. The fraction of sp³-hybridized carbons (Fsp3) is 0.562. The number of aromatic nitrogens is 4. The summed E-state index contributed by atoms with van der Waals surface area (Å²) in [7, 11) is 0.